The van der Waals surface area contributed by atoms with Crippen molar-refractivity contribution >= 4 is 23.7 Å². The van der Waals surface area contributed by atoms with Crippen molar-refractivity contribution in [1.29, 1.82) is 5.26 Å². The molecule has 0 aliphatic heterocycles. The number of hydrazone groups is 1. The van der Waals surface area contributed by atoms with Gasteiger partial charge in [0.05, 0.1) is 6.21 Å². The lowest BCUT2D eigenvalue weighted by atomic mass is 10.1. The summed E-state index contributed by atoms with van der Waals surface area (Å²) in [5, 5.41) is 13.0. The number of ether oxygens (including phenoxy) is 1. The summed E-state index contributed by atoms with van der Waals surface area (Å²) in [6.07, 6.45) is 1.46. The van der Waals surface area contributed by atoms with Crippen molar-refractivity contribution in [3.8, 4) is 11.8 Å². The van der Waals surface area contributed by atoms with Gasteiger partial charge in [-0.2, -0.15) is 10.4 Å². The van der Waals surface area contributed by atoms with Gasteiger partial charge in [-0.1, -0.05) is 29.8 Å². The lowest BCUT2D eigenvalue weighted by molar-refractivity contribution is 0.0955. The molecule has 0 spiro atoms. The summed E-state index contributed by atoms with van der Waals surface area (Å²) < 4.78 is 5.27. The van der Waals surface area contributed by atoms with Crippen molar-refractivity contribution in [2.24, 2.45) is 5.10 Å². The molecule has 0 saturated carbocycles. The summed E-state index contributed by atoms with van der Waals surface area (Å²) in [6, 6.07) is 14.0. The molecule has 0 unspecified atom stereocenters. The zero-order valence-corrected chi connectivity index (χ0v) is 13.2. The van der Waals surface area contributed by atoms with Gasteiger partial charge in [-0.05, 0) is 36.8 Å². The van der Waals surface area contributed by atoms with E-state index in [9.17, 15) is 4.79 Å². The number of carbonyl (C=O) groups is 1. The summed E-state index contributed by atoms with van der Waals surface area (Å²) in [7, 11) is 0. The molecule has 5 nitrogen and oxygen atoms in total. The number of nitriles is 1. The van der Waals surface area contributed by atoms with Gasteiger partial charge in [0.1, 0.15) is 11.8 Å². The van der Waals surface area contributed by atoms with Crippen LogP contribution in [0.3, 0.4) is 0 Å². The summed E-state index contributed by atoms with van der Waals surface area (Å²) in [6.45, 7) is 1.80. The van der Waals surface area contributed by atoms with E-state index in [0.717, 1.165) is 5.56 Å². The number of halogens is 1. The number of para-hydroxylation sites is 1. The highest BCUT2D eigenvalue weighted by Crippen LogP contribution is 2.17. The first kappa shape index (κ1) is 16.5. The number of nitrogens with zero attached hydrogens (tertiary/aromatic N) is 2. The fraction of sp³-hybridized carbons (Fsp3) is 0.118. The molecular weight excluding hydrogens is 314 g/mol. The fourth-order valence-corrected chi connectivity index (χ4v) is 1.97. The third-order valence-corrected chi connectivity index (χ3v) is 3.42. The van der Waals surface area contributed by atoms with Crippen molar-refractivity contribution in [3.05, 3.63) is 64.2 Å². The quantitative estimate of drug-likeness (QED) is 0.676. The summed E-state index contributed by atoms with van der Waals surface area (Å²) >= 11 is 6.00. The first-order chi connectivity index (χ1) is 11.1. The smallest absolute Gasteiger partial charge is 0.271 e. The monoisotopic (exact) mass is 327 g/mol. The van der Waals surface area contributed by atoms with Crippen LogP contribution >= 0.6 is 11.6 Å². The van der Waals surface area contributed by atoms with Gasteiger partial charge >= 0.3 is 0 Å². The van der Waals surface area contributed by atoms with E-state index in [1.165, 1.54) is 6.21 Å². The molecule has 2 aromatic carbocycles. The van der Waals surface area contributed by atoms with E-state index in [-0.39, 0.29) is 12.5 Å². The van der Waals surface area contributed by atoms with Gasteiger partial charge in [-0.25, -0.2) is 5.43 Å². The minimum absolute atomic E-state index is 0.0565. The van der Waals surface area contributed by atoms with Crippen LogP contribution in [0.1, 0.15) is 21.5 Å². The molecule has 0 bridgehead atoms. The Hall–Kier alpha value is -2.84. The highest BCUT2D eigenvalue weighted by molar-refractivity contribution is 6.31. The molecule has 1 amide bonds. The molecule has 23 heavy (non-hydrogen) atoms. The minimum Gasteiger partial charge on any atom is -0.478 e. The Morgan fingerprint density at radius 3 is 2.91 bits per heavy atom. The van der Waals surface area contributed by atoms with Crippen LogP contribution in [0.5, 0.6) is 5.75 Å². The molecule has 0 aliphatic rings. The average molecular weight is 328 g/mol. The van der Waals surface area contributed by atoms with Crippen LogP contribution in [0.2, 0.25) is 5.02 Å². The highest BCUT2D eigenvalue weighted by Gasteiger charge is 2.06. The maximum Gasteiger partial charge on any atom is 0.271 e. The summed E-state index contributed by atoms with van der Waals surface area (Å²) in [5.41, 5.74) is 4.41. The van der Waals surface area contributed by atoms with Gasteiger partial charge in [0.15, 0.2) is 6.61 Å². The van der Waals surface area contributed by atoms with E-state index < -0.39 is 0 Å². The molecule has 0 saturated heterocycles. The number of amides is 1. The fourth-order valence-electron chi connectivity index (χ4n) is 1.79. The molecule has 0 radical (unpaired) electrons. The predicted octanol–water partition coefficient (Wildman–Crippen LogP) is 3.31. The SMILES string of the molecule is Cc1ccc(C(=O)N/N=C\c2ccccc2OCC#N)cc1Cl. The molecule has 116 valence electrons. The van der Waals surface area contributed by atoms with Crippen LogP contribution in [0.4, 0.5) is 0 Å². The second-order valence-electron chi connectivity index (χ2n) is 4.65. The number of nitrogens with one attached hydrogen (secondary N) is 1. The second kappa shape index (κ2) is 7.97. The molecule has 2 rings (SSSR count). The van der Waals surface area contributed by atoms with E-state index in [2.05, 4.69) is 10.5 Å². The van der Waals surface area contributed by atoms with Gasteiger partial charge in [-0.15, -0.1) is 0 Å². The molecule has 6 heteroatoms. The lowest BCUT2D eigenvalue weighted by Gasteiger charge is -2.05. The Morgan fingerprint density at radius 2 is 2.17 bits per heavy atom. The molecule has 1 N–H and O–H groups in total. The van der Waals surface area contributed by atoms with E-state index in [1.807, 2.05) is 19.1 Å². The van der Waals surface area contributed by atoms with E-state index in [1.54, 1.807) is 36.4 Å². The first-order valence-corrected chi connectivity index (χ1v) is 7.18. The molecule has 2 aromatic rings. The van der Waals surface area contributed by atoms with Crippen molar-refractivity contribution in [2.45, 2.75) is 6.92 Å². The predicted molar refractivity (Wildman–Crippen MR) is 88.8 cm³/mol. The standard InChI is InChI=1S/C17H14ClN3O2/c1-12-6-7-13(10-15(12)18)17(22)21-20-11-14-4-2-3-5-16(14)23-9-8-19/h2-7,10-11H,9H2,1H3,(H,21,22)/b20-11-. The van der Waals surface area contributed by atoms with E-state index >= 15 is 0 Å². The molecule has 0 heterocycles. The molecule has 0 aliphatic carbocycles. The van der Waals surface area contributed by atoms with Crippen LogP contribution in [0.25, 0.3) is 0 Å². The van der Waals surface area contributed by atoms with E-state index in [0.29, 0.717) is 21.9 Å². The van der Waals surface area contributed by atoms with Gasteiger partial charge < -0.3 is 4.74 Å². The van der Waals surface area contributed by atoms with Crippen LogP contribution in [-0.4, -0.2) is 18.7 Å². The number of carbonyl (C=O) groups excluding carboxylic acids is 1. The average Bonchev–Trinajstić information content (AvgIpc) is 2.56. The number of hydrogen-bond acceptors (Lipinski definition) is 4. The van der Waals surface area contributed by atoms with E-state index in [4.69, 9.17) is 21.6 Å². The zero-order valence-electron chi connectivity index (χ0n) is 12.4. The maximum atomic E-state index is 12.0. The number of aryl methyl sites for hydroxylation is 1. The van der Waals surface area contributed by atoms with Crippen LogP contribution in [0, 0.1) is 18.3 Å². The largest absolute Gasteiger partial charge is 0.478 e. The van der Waals surface area contributed by atoms with Gasteiger partial charge in [0.2, 0.25) is 0 Å². The maximum absolute atomic E-state index is 12.0. The van der Waals surface area contributed by atoms with Crippen molar-refractivity contribution in [1.82, 2.24) is 5.43 Å². The van der Waals surface area contributed by atoms with Crippen molar-refractivity contribution in [3.63, 3.8) is 0 Å². The molecule has 0 fully saturated rings. The Morgan fingerprint density at radius 1 is 1.39 bits per heavy atom. The normalized spacial score (nSPS) is 10.3. The van der Waals surface area contributed by atoms with Crippen LogP contribution < -0.4 is 10.2 Å². The Kier molecular flexibility index (Phi) is 5.73. The van der Waals surface area contributed by atoms with Gasteiger partial charge in [0, 0.05) is 16.1 Å². The Labute approximate surface area is 139 Å². The Balaban J connectivity index is 2.05. The van der Waals surface area contributed by atoms with Crippen molar-refractivity contribution in [2.75, 3.05) is 6.61 Å². The highest BCUT2D eigenvalue weighted by atomic mass is 35.5. The zero-order chi connectivity index (χ0) is 16.7. The minimum atomic E-state index is -0.362. The Bertz CT molecular complexity index is 782. The molecule has 0 aromatic heterocycles. The first-order valence-electron chi connectivity index (χ1n) is 6.80. The van der Waals surface area contributed by atoms with Gasteiger partial charge in [0.25, 0.3) is 5.91 Å². The topological polar surface area (TPSA) is 74.5 Å². The second-order valence-corrected chi connectivity index (χ2v) is 5.05. The number of rotatable bonds is 5. The van der Waals surface area contributed by atoms with Gasteiger partial charge in [-0.3, -0.25) is 4.79 Å². The third-order valence-electron chi connectivity index (χ3n) is 3.01. The number of benzene rings is 2. The summed E-state index contributed by atoms with van der Waals surface area (Å²) in [4.78, 5) is 12.0. The number of hydrogen-bond donors (Lipinski definition) is 1. The molecule has 0 atom stereocenters. The van der Waals surface area contributed by atoms with Crippen LogP contribution in [-0.2, 0) is 0 Å². The third kappa shape index (κ3) is 4.56. The van der Waals surface area contributed by atoms with Crippen molar-refractivity contribution < 1.29 is 9.53 Å². The van der Waals surface area contributed by atoms with Crippen LogP contribution in [0.15, 0.2) is 47.6 Å². The lowest BCUT2D eigenvalue weighted by Crippen LogP contribution is -2.17. The molecular formula is C17H14ClN3O2. The summed E-state index contributed by atoms with van der Waals surface area (Å²) in [5.74, 6) is 0.156.